The third-order valence-electron chi connectivity index (χ3n) is 5.07. The van der Waals surface area contributed by atoms with Gasteiger partial charge in [-0.2, -0.15) is 0 Å². The Hall–Kier alpha value is -3.10. The Balaban J connectivity index is 1.48. The van der Waals surface area contributed by atoms with E-state index in [2.05, 4.69) is 26.5 Å². The summed E-state index contributed by atoms with van der Waals surface area (Å²) in [5, 5.41) is 6.18. The van der Waals surface area contributed by atoms with Gasteiger partial charge in [-0.05, 0) is 31.9 Å². The molecule has 1 aliphatic rings. The van der Waals surface area contributed by atoms with Crippen molar-refractivity contribution in [3.8, 4) is 0 Å². The van der Waals surface area contributed by atoms with Gasteiger partial charge in [0.25, 0.3) is 5.56 Å². The highest BCUT2D eigenvalue weighted by atomic mass is 16.2. The van der Waals surface area contributed by atoms with Crippen LogP contribution in [-0.4, -0.2) is 34.1 Å². The zero-order valence-electron chi connectivity index (χ0n) is 16.7. The van der Waals surface area contributed by atoms with Gasteiger partial charge in [0.1, 0.15) is 0 Å². The summed E-state index contributed by atoms with van der Waals surface area (Å²) in [7, 11) is 0. The van der Waals surface area contributed by atoms with Gasteiger partial charge in [-0.1, -0.05) is 31.4 Å². The molecule has 0 bridgehead atoms. The number of urea groups is 1. The summed E-state index contributed by atoms with van der Waals surface area (Å²) in [6.07, 6.45) is 5.64. The lowest BCUT2D eigenvalue weighted by atomic mass is 9.96. The van der Waals surface area contributed by atoms with E-state index in [-0.39, 0.29) is 42.5 Å². The summed E-state index contributed by atoms with van der Waals surface area (Å²) in [4.78, 5) is 40.9. The predicted molar refractivity (Wildman–Crippen MR) is 111 cm³/mol. The number of hydrogen-bond donors (Lipinski definition) is 4. The fourth-order valence-corrected chi connectivity index (χ4v) is 3.52. The summed E-state index contributed by atoms with van der Waals surface area (Å²) in [6, 6.07) is 7.05. The van der Waals surface area contributed by atoms with Crippen molar-refractivity contribution in [2.75, 3.05) is 12.0 Å². The minimum absolute atomic E-state index is 0.106. The fourth-order valence-electron chi connectivity index (χ4n) is 3.52. The Bertz CT molecular complexity index is 920. The molecule has 156 valence electrons. The molecular weight excluding hydrogens is 372 g/mol. The van der Waals surface area contributed by atoms with Crippen molar-refractivity contribution in [2.45, 2.75) is 58.0 Å². The lowest BCUT2D eigenvalue weighted by Gasteiger charge is -2.22. The maximum atomic E-state index is 12.6. The van der Waals surface area contributed by atoms with Crippen LogP contribution < -0.4 is 27.0 Å². The van der Waals surface area contributed by atoms with Gasteiger partial charge in [0.05, 0.1) is 10.9 Å². The molecule has 0 aliphatic heterocycles. The lowest BCUT2D eigenvalue weighted by molar-refractivity contribution is -0.120. The number of para-hydroxylation sites is 1. The van der Waals surface area contributed by atoms with Crippen molar-refractivity contribution in [1.29, 1.82) is 0 Å². The van der Waals surface area contributed by atoms with E-state index in [9.17, 15) is 14.4 Å². The van der Waals surface area contributed by atoms with E-state index in [1.54, 1.807) is 24.3 Å². The summed E-state index contributed by atoms with van der Waals surface area (Å²) < 4.78 is 1.46. The van der Waals surface area contributed by atoms with Crippen molar-refractivity contribution >= 4 is 28.8 Å². The Morgan fingerprint density at radius 2 is 1.93 bits per heavy atom. The molecule has 0 radical (unpaired) electrons. The van der Waals surface area contributed by atoms with Gasteiger partial charge < -0.3 is 10.6 Å². The molecule has 0 atom stereocenters. The quantitative estimate of drug-likeness (QED) is 0.530. The molecule has 2 aromatic rings. The van der Waals surface area contributed by atoms with Crippen LogP contribution in [0.1, 0.15) is 45.4 Å². The first-order chi connectivity index (χ1) is 14.1. The van der Waals surface area contributed by atoms with E-state index in [0.717, 1.165) is 25.7 Å². The first-order valence-electron chi connectivity index (χ1n) is 10.2. The highest BCUT2D eigenvalue weighted by Gasteiger charge is 2.15. The number of amides is 3. The highest BCUT2D eigenvalue weighted by molar-refractivity contribution is 5.80. The standard InChI is InChI=1S/C20H28N6O3/c1-2-26-18(28)15-10-6-7-11-16(15)23-19(26)25-24-17(27)12-13-21-20(29)22-14-8-4-3-5-9-14/h6-7,10-11,14H,2-5,8-9,12-13H2,1H3,(H,23,25)(H,24,27)(H2,21,22,29). The number of carbonyl (C=O) groups is 2. The predicted octanol–water partition coefficient (Wildman–Crippen LogP) is 1.88. The Morgan fingerprint density at radius 3 is 2.69 bits per heavy atom. The van der Waals surface area contributed by atoms with Crippen molar-refractivity contribution in [2.24, 2.45) is 0 Å². The molecule has 0 unspecified atom stereocenters. The molecule has 29 heavy (non-hydrogen) atoms. The summed E-state index contributed by atoms with van der Waals surface area (Å²) in [5.74, 6) is -0.0411. The van der Waals surface area contributed by atoms with Crippen LogP contribution in [0.3, 0.4) is 0 Å². The minimum atomic E-state index is -0.312. The third-order valence-corrected chi connectivity index (χ3v) is 5.07. The first-order valence-corrected chi connectivity index (χ1v) is 10.2. The van der Waals surface area contributed by atoms with Gasteiger partial charge in [0, 0.05) is 25.6 Å². The van der Waals surface area contributed by atoms with E-state index >= 15 is 0 Å². The maximum Gasteiger partial charge on any atom is 0.315 e. The molecule has 0 spiro atoms. The molecular formula is C20H28N6O3. The fraction of sp³-hybridized carbons (Fsp3) is 0.500. The number of hydrogen-bond acceptors (Lipinski definition) is 5. The Labute approximate surface area is 169 Å². The van der Waals surface area contributed by atoms with E-state index < -0.39 is 0 Å². The molecule has 1 aliphatic carbocycles. The third kappa shape index (κ3) is 5.46. The molecule has 1 fully saturated rings. The summed E-state index contributed by atoms with van der Waals surface area (Å²) >= 11 is 0. The van der Waals surface area contributed by atoms with E-state index in [1.807, 2.05) is 6.92 Å². The number of hydrazine groups is 1. The van der Waals surface area contributed by atoms with Crippen LogP contribution in [0, 0.1) is 0 Å². The van der Waals surface area contributed by atoms with Crippen molar-refractivity contribution in [1.82, 2.24) is 25.6 Å². The van der Waals surface area contributed by atoms with Crippen molar-refractivity contribution in [3.05, 3.63) is 34.6 Å². The average Bonchev–Trinajstić information content (AvgIpc) is 2.73. The van der Waals surface area contributed by atoms with Gasteiger partial charge in [-0.3, -0.25) is 25.0 Å². The summed E-state index contributed by atoms with van der Waals surface area (Å²) in [5.41, 5.74) is 5.65. The zero-order chi connectivity index (χ0) is 20.6. The Kier molecular flexibility index (Phi) is 7.04. The van der Waals surface area contributed by atoms with Crippen LogP contribution in [0.4, 0.5) is 10.7 Å². The molecule has 4 N–H and O–H groups in total. The van der Waals surface area contributed by atoms with Crippen LogP contribution in [0.25, 0.3) is 10.9 Å². The van der Waals surface area contributed by atoms with E-state index in [1.165, 1.54) is 11.0 Å². The SMILES string of the molecule is CCn1c(NNC(=O)CCNC(=O)NC2CCCCC2)nc2ccccc2c1=O. The van der Waals surface area contributed by atoms with Gasteiger partial charge in [-0.25, -0.2) is 9.78 Å². The molecule has 1 heterocycles. The van der Waals surface area contributed by atoms with Gasteiger partial charge >= 0.3 is 6.03 Å². The van der Waals surface area contributed by atoms with E-state index in [0.29, 0.717) is 17.4 Å². The second kappa shape index (κ2) is 9.90. The van der Waals surface area contributed by atoms with E-state index in [4.69, 9.17) is 0 Å². The molecule has 9 nitrogen and oxygen atoms in total. The number of benzene rings is 1. The second-order valence-corrected chi connectivity index (χ2v) is 7.16. The van der Waals surface area contributed by atoms with Gasteiger partial charge in [0.2, 0.25) is 11.9 Å². The molecule has 1 aromatic heterocycles. The lowest BCUT2D eigenvalue weighted by Crippen LogP contribution is -2.44. The number of carbonyl (C=O) groups excluding carboxylic acids is 2. The van der Waals surface area contributed by atoms with Gasteiger partial charge in [0.15, 0.2) is 0 Å². The first kappa shape index (κ1) is 20.6. The van der Waals surface area contributed by atoms with Crippen LogP contribution >= 0.6 is 0 Å². The van der Waals surface area contributed by atoms with Crippen LogP contribution in [-0.2, 0) is 11.3 Å². The number of fused-ring (bicyclic) bond motifs is 1. The molecule has 1 saturated carbocycles. The topological polar surface area (TPSA) is 117 Å². The monoisotopic (exact) mass is 400 g/mol. The second-order valence-electron chi connectivity index (χ2n) is 7.16. The molecule has 0 saturated heterocycles. The molecule has 3 rings (SSSR count). The van der Waals surface area contributed by atoms with Crippen molar-refractivity contribution < 1.29 is 9.59 Å². The largest absolute Gasteiger partial charge is 0.338 e. The van der Waals surface area contributed by atoms with Crippen LogP contribution in [0.2, 0.25) is 0 Å². The normalized spacial score (nSPS) is 14.4. The molecule has 3 amide bonds. The zero-order valence-corrected chi connectivity index (χ0v) is 16.7. The number of rotatable bonds is 7. The molecule has 9 heteroatoms. The van der Waals surface area contributed by atoms with Gasteiger partial charge in [-0.15, -0.1) is 0 Å². The number of nitrogens with zero attached hydrogens (tertiary/aromatic N) is 2. The average molecular weight is 400 g/mol. The number of anilines is 1. The minimum Gasteiger partial charge on any atom is -0.338 e. The smallest absolute Gasteiger partial charge is 0.315 e. The number of nitrogens with one attached hydrogen (secondary N) is 4. The van der Waals surface area contributed by atoms with Crippen LogP contribution in [0.5, 0.6) is 0 Å². The number of aromatic nitrogens is 2. The van der Waals surface area contributed by atoms with Crippen LogP contribution in [0.15, 0.2) is 29.1 Å². The highest BCUT2D eigenvalue weighted by Crippen LogP contribution is 2.17. The Morgan fingerprint density at radius 1 is 1.17 bits per heavy atom. The summed E-state index contributed by atoms with van der Waals surface area (Å²) in [6.45, 7) is 2.47. The van der Waals surface area contributed by atoms with Crippen molar-refractivity contribution in [3.63, 3.8) is 0 Å². The molecule has 1 aromatic carbocycles. The maximum absolute atomic E-state index is 12.6.